The van der Waals surface area contributed by atoms with Gasteiger partial charge >= 0.3 is 6.03 Å². The second kappa shape index (κ2) is 9.48. The van der Waals surface area contributed by atoms with Crippen molar-refractivity contribution in [3.8, 4) is 0 Å². The monoisotopic (exact) mass is 371 g/mol. The zero-order valence-corrected chi connectivity index (χ0v) is 15.7. The first kappa shape index (κ1) is 19.3. The van der Waals surface area contributed by atoms with Crippen molar-refractivity contribution in [1.29, 1.82) is 0 Å². The number of halogens is 1. The minimum Gasteiger partial charge on any atom is -0.379 e. The molecule has 0 unspecified atom stereocenters. The molecule has 1 fully saturated rings. The van der Waals surface area contributed by atoms with Gasteiger partial charge in [0, 0.05) is 39.8 Å². The van der Waals surface area contributed by atoms with Crippen molar-refractivity contribution in [2.45, 2.75) is 19.6 Å². The molecule has 0 saturated carbocycles. The maximum atomic E-state index is 13.2. The Kier molecular flexibility index (Phi) is 6.79. The summed E-state index contributed by atoms with van der Waals surface area (Å²) in [5.41, 5.74) is 3.07. The number of nitrogens with one attached hydrogen (secondary N) is 1. The van der Waals surface area contributed by atoms with Crippen molar-refractivity contribution in [2.75, 3.05) is 33.4 Å². The smallest absolute Gasteiger partial charge is 0.317 e. The number of ether oxygens (including phenoxy) is 1. The molecular weight excluding hydrogens is 345 g/mol. The molecule has 144 valence electrons. The SMILES string of the molecule is CN(Cc1cccc(F)c1)C(=O)NCc1ccc(CN2CCOCC2)cc1. The Morgan fingerprint density at radius 1 is 1.11 bits per heavy atom. The summed E-state index contributed by atoms with van der Waals surface area (Å²) >= 11 is 0. The molecule has 2 aromatic rings. The van der Waals surface area contributed by atoms with E-state index in [-0.39, 0.29) is 11.8 Å². The number of amides is 2. The molecule has 0 atom stereocenters. The summed E-state index contributed by atoms with van der Waals surface area (Å²) in [6, 6.07) is 14.4. The van der Waals surface area contributed by atoms with Crippen LogP contribution in [0.1, 0.15) is 16.7 Å². The predicted octanol–water partition coefficient (Wildman–Crippen LogP) is 3.00. The molecule has 6 heteroatoms. The van der Waals surface area contributed by atoms with Crippen molar-refractivity contribution < 1.29 is 13.9 Å². The molecule has 1 heterocycles. The summed E-state index contributed by atoms with van der Waals surface area (Å²) in [6.07, 6.45) is 0. The molecule has 1 aliphatic heterocycles. The highest BCUT2D eigenvalue weighted by Crippen LogP contribution is 2.10. The Labute approximate surface area is 159 Å². The third-order valence-electron chi connectivity index (χ3n) is 4.63. The zero-order valence-electron chi connectivity index (χ0n) is 15.7. The molecule has 1 N–H and O–H groups in total. The van der Waals surface area contributed by atoms with Crippen LogP contribution in [0.3, 0.4) is 0 Å². The lowest BCUT2D eigenvalue weighted by Gasteiger charge is -2.26. The first-order chi connectivity index (χ1) is 13.1. The van der Waals surface area contributed by atoms with Crippen molar-refractivity contribution >= 4 is 6.03 Å². The van der Waals surface area contributed by atoms with E-state index in [2.05, 4.69) is 22.3 Å². The van der Waals surface area contributed by atoms with E-state index in [1.54, 1.807) is 24.1 Å². The first-order valence-corrected chi connectivity index (χ1v) is 9.21. The van der Waals surface area contributed by atoms with E-state index >= 15 is 0 Å². The normalized spacial score (nSPS) is 14.7. The number of carbonyl (C=O) groups is 1. The van der Waals surface area contributed by atoms with E-state index in [1.807, 2.05) is 12.1 Å². The van der Waals surface area contributed by atoms with E-state index in [0.29, 0.717) is 13.1 Å². The molecule has 5 nitrogen and oxygen atoms in total. The van der Waals surface area contributed by atoms with E-state index in [0.717, 1.165) is 44.0 Å². The lowest BCUT2D eigenvalue weighted by Crippen LogP contribution is -2.36. The van der Waals surface area contributed by atoms with Gasteiger partial charge in [-0.1, -0.05) is 36.4 Å². The Balaban J connectivity index is 1.45. The van der Waals surface area contributed by atoms with E-state index in [4.69, 9.17) is 4.74 Å². The van der Waals surface area contributed by atoms with Gasteiger partial charge in [-0.3, -0.25) is 4.90 Å². The number of rotatable bonds is 6. The van der Waals surface area contributed by atoms with Crippen molar-refractivity contribution in [2.24, 2.45) is 0 Å². The molecule has 2 aromatic carbocycles. The number of urea groups is 1. The number of nitrogens with zero attached hydrogens (tertiary/aromatic N) is 2. The molecule has 2 amide bonds. The molecule has 0 spiro atoms. The van der Waals surface area contributed by atoms with Crippen LogP contribution in [0.5, 0.6) is 0 Å². The summed E-state index contributed by atoms with van der Waals surface area (Å²) in [7, 11) is 1.70. The van der Waals surface area contributed by atoms with E-state index in [9.17, 15) is 9.18 Å². The van der Waals surface area contributed by atoms with Crippen molar-refractivity contribution in [3.05, 3.63) is 71.0 Å². The fourth-order valence-electron chi connectivity index (χ4n) is 3.07. The van der Waals surface area contributed by atoms with Crippen LogP contribution >= 0.6 is 0 Å². The topological polar surface area (TPSA) is 44.8 Å². The zero-order chi connectivity index (χ0) is 19.1. The summed E-state index contributed by atoms with van der Waals surface area (Å²) in [4.78, 5) is 16.2. The molecule has 3 rings (SSSR count). The minimum absolute atomic E-state index is 0.184. The quantitative estimate of drug-likeness (QED) is 0.849. The highest BCUT2D eigenvalue weighted by Gasteiger charge is 2.11. The molecule has 0 aromatic heterocycles. The fourth-order valence-corrected chi connectivity index (χ4v) is 3.07. The van der Waals surface area contributed by atoms with Gasteiger partial charge in [0.25, 0.3) is 0 Å². The average Bonchev–Trinajstić information content (AvgIpc) is 2.68. The number of carbonyl (C=O) groups excluding carboxylic acids is 1. The largest absolute Gasteiger partial charge is 0.379 e. The summed E-state index contributed by atoms with van der Waals surface area (Å²) in [6.45, 7) is 5.28. The number of hydrogen-bond donors (Lipinski definition) is 1. The highest BCUT2D eigenvalue weighted by molar-refractivity contribution is 5.73. The summed E-state index contributed by atoms with van der Waals surface area (Å²) in [5.74, 6) is -0.293. The third kappa shape index (κ3) is 6.05. The van der Waals surface area contributed by atoms with E-state index in [1.165, 1.54) is 17.7 Å². The second-order valence-electron chi connectivity index (χ2n) is 6.85. The van der Waals surface area contributed by atoms with Crippen LogP contribution in [0.15, 0.2) is 48.5 Å². The van der Waals surface area contributed by atoms with Crippen molar-refractivity contribution in [1.82, 2.24) is 15.1 Å². The molecule has 0 aliphatic carbocycles. The van der Waals surface area contributed by atoms with Crippen LogP contribution in [-0.4, -0.2) is 49.2 Å². The predicted molar refractivity (Wildman–Crippen MR) is 103 cm³/mol. The maximum absolute atomic E-state index is 13.2. The van der Waals surface area contributed by atoms with Crippen molar-refractivity contribution in [3.63, 3.8) is 0 Å². The van der Waals surface area contributed by atoms with Crippen LogP contribution in [0.2, 0.25) is 0 Å². The average molecular weight is 371 g/mol. The first-order valence-electron chi connectivity index (χ1n) is 9.21. The van der Waals surface area contributed by atoms with Crippen LogP contribution in [-0.2, 0) is 24.4 Å². The Bertz CT molecular complexity index is 745. The Hall–Kier alpha value is -2.44. The molecular formula is C21H26FN3O2. The van der Waals surface area contributed by atoms with Gasteiger partial charge in [0.05, 0.1) is 13.2 Å². The standard InChI is InChI=1S/C21H26FN3O2/c1-24(15-19-3-2-4-20(22)13-19)21(26)23-14-17-5-7-18(8-6-17)16-25-9-11-27-12-10-25/h2-8,13H,9-12,14-16H2,1H3,(H,23,26). The number of morpholine rings is 1. The highest BCUT2D eigenvalue weighted by atomic mass is 19.1. The minimum atomic E-state index is -0.293. The molecule has 27 heavy (non-hydrogen) atoms. The van der Waals surface area contributed by atoms with Gasteiger partial charge in [-0.15, -0.1) is 0 Å². The fraction of sp³-hybridized carbons (Fsp3) is 0.381. The Morgan fingerprint density at radius 3 is 2.52 bits per heavy atom. The number of hydrogen-bond acceptors (Lipinski definition) is 3. The second-order valence-corrected chi connectivity index (χ2v) is 6.85. The van der Waals surface area contributed by atoms with Gasteiger partial charge < -0.3 is 15.0 Å². The third-order valence-corrected chi connectivity index (χ3v) is 4.63. The van der Waals surface area contributed by atoms with Crippen LogP contribution in [0.4, 0.5) is 9.18 Å². The van der Waals surface area contributed by atoms with E-state index < -0.39 is 0 Å². The van der Waals surface area contributed by atoms with Gasteiger partial charge in [-0.25, -0.2) is 9.18 Å². The maximum Gasteiger partial charge on any atom is 0.317 e. The van der Waals surface area contributed by atoms with Gasteiger partial charge in [0.1, 0.15) is 5.82 Å². The van der Waals surface area contributed by atoms with Crippen LogP contribution in [0.25, 0.3) is 0 Å². The molecule has 0 radical (unpaired) electrons. The van der Waals surface area contributed by atoms with Gasteiger partial charge in [-0.2, -0.15) is 0 Å². The number of benzene rings is 2. The summed E-state index contributed by atoms with van der Waals surface area (Å²) in [5, 5.41) is 2.90. The van der Waals surface area contributed by atoms with Crippen LogP contribution in [0, 0.1) is 5.82 Å². The van der Waals surface area contributed by atoms with Gasteiger partial charge in [0.15, 0.2) is 0 Å². The molecule has 1 aliphatic rings. The summed E-state index contributed by atoms with van der Waals surface area (Å²) < 4.78 is 18.6. The Morgan fingerprint density at radius 2 is 1.81 bits per heavy atom. The molecule has 1 saturated heterocycles. The lowest BCUT2D eigenvalue weighted by molar-refractivity contribution is 0.0342. The molecule has 0 bridgehead atoms. The van der Waals surface area contributed by atoms with Crippen LogP contribution < -0.4 is 5.32 Å². The van der Waals surface area contributed by atoms with Gasteiger partial charge in [-0.05, 0) is 28.8 Å². The lowest BCUT2D eigenvalue weighted by atomic mass is 10.1. The van der Waals surface area contributed by atoms with Gasteiger partial charge in [0.2, 0.25) is 0 Å².